The van der Waals surface area contributed by atoms with E-state index >= 15 is 0 Å². The molecule has 4 saturated carbocycles. The number of ketones is 1. The maximum Gasteiger partial charge on any atom is 0.333 e. The number of azide groups is 1. The highest BCUT2D eigenvalue weighted by Crippen LogP contribution is 2.68. The lowest BCUT2D eigenvalue weighted by atomic mass is 9.44. The van der Waals surface area contributed by atoms with Gasteiger partial charge in [-0.25, -0.2) is 8.78 Å². The molecular formula is C28H36F3N5O4. The third kappa shape index (κ3) is 4.26. The number of rotatable bonds is 7. The van der Waals surface area contributed by atoms with E-state index < -0.39 is 45.0 Å². The summed E-state index contributed by atoms with van der Waals surface area (Å²) in [5.74, 6) is -3.15. The predicted octanol–water partition coefficient (Wildman–Crippen LogP) is 7.49. The number of Topliss-reactive ketones (excluding diaryl/α,β-unsaturated/α-hetero) is 1. The second-order valence-corrected chi connectivity index (χ2v) is 12.9. The van der Waals surface area contributed by atoms with Crippen LogP contribution in [0.5, 0.6) is 0 Å². The van der Waals surface area contributed by atoms with Gasteiger partial charge < -0.3 is 10.4 Å². The number of nitrogens with zero attached hydrogens (tertiary/aromatic N) is 4. The van der Waals surface area contributed by atoms with Crippen molar-refractivity contribution in [1.82, 2.24) is 0 Å². The molecule has 0 amide bonds. The van der Waals surface area contributed by atoms with Crippen LogP contribution in [0.2, 0.25) is 0 Å². The Labute approximate surface area is 230 Å². The van der Waals surface area contributed by atoms with Crippen LogP contribution in [0.1, 0.15) is 84.5 Å². The molecule has 0 bridgehead atoms. The van der Waals surface area contributed by atoms with Crippen LogP contribution in [-0.4, -0.2) is 28.0 Å². The van der Waals surface area contributed by atoms with Crippen LogP contribution in [0.4, 0.5) is 30.2 Å². The SMILES string of the molecule is C[C@]12CCC(=O)C[C@@H]1CC[C@@H]1[C@@H]2CC[C@@]2(C)[C@H]1CC[C@@]2(O)CCCNc1c(F)c(N=[N+]=[N-])c(F)c(F)c1[N+](=O)[O-]. The largest absolute Gasteiger partial charge is 0.389 e. The van der Waals surface area contributed by atoms with E-state index in [0.717, 1.165) is 38.5 Å². The fourth-order valence-corrected chi connectivity index (χ4v) is 9.26. The molecule has 218 valence electrons. The maximum atomic E-state index is 14.8. The van der Waals surface area contributed by atoms with Crippen molar-refractivity contribution in [3.05, 3.63) is 38.0 Å². The number of halogens is 3. The van der Waals surface area contributed by atoms with Gasteiger partial charge in [0.15, 0.2) is 17.3 Å². The minimum atomic E-state index is -1.93. The summed E-state index contributed by atoms with van der Waals surface area (Å²) < 4.78 is 43.3. The van der Waals surface area contributed by atoms with E-state index in [-0.39, 0.29) is 17.4 Å². The van der Waals surface area contributed by atoms with Crippen molar-refractivity contribution in [2.24, 2.45) is 39.6 Å². The Bertz CT molecular complexity index is 1290. The zero-order valence-electron chi connectivity index (χ0n) is 22.9. The number of hydrogen-bond donors (Lipinski definition) is 2. The van der Waals surface area contributed by atoms with Gasteiger partial charge in [0.2, 0.25) is 5.82 Å². The number of carbonyl (C=O) groups is 1. The van der Waals surface area contributed by atoms with Crippen LogP contribution in [0.15, 0.2) is 5.11 Å². The lowest BCUT2D eigenvalue weighted by Crippen LogP contribution is -2.56. The van der Waals surface area contributed by atoms with Crippen LogP contribution in [-0.2, 0) is 4.79 Å². The Morgan fingerprint density at radius 2 is 1.82 bits per heavy atom. The molecule has 0 unspecified atom stereocenters. The third-order valence-corrected chi connectivity index (χ3v) is 11.5. The predicted molar refractivity (Wildman–Crippen MR) is 141 cm³/mol. The topological polar surface area (TPSA) is 141 Å². The molecule has 0 aromatic heterocycles. The Kier molecular flexibility index (Phi) is 7.32. The zero-order chi connectivity index (χ0) is 29.0. The fraction of sp³-hybridized carbons (Fsp3) is 0.750. The first kappa shape index (κ1) is 28.7. The maximum absolute atomic E-state index is 14.8. The number of fused-ring (bicyclic) bond motifs is 5. The number of aliphatic hydroxyl groups is 1. The molecule has 7 atom stereocenters. The van der Waals surface area contributed by atoms with Crippen molar-refractivity contribution in [1.29, 1.82) is 0 Å². The number of anilines is 1. The lowest BCUT2D eigenvalue weighted by molar-refractivity contribution is -0.387. The average molecular weight is 564 g/mol. The quantitative estimate of drug-likeness (QED) is 0.0672. The molecule has 5 rings (SSSR count). The van der Waals surface area contributed by atoms with Crippen molar-refractivity contribution in [2.45, 2.75) is 90.1 Å². The Morgan fingerprint density at radius 3 is 2.52 bits per heavy atom. The Hall–Kier alpha value is -2.85. The molecule has 0 heterocycles. The summed E-state index contributed by atoms with van der Waals surface area (Å²) in [7, 11) is 0. The standard InChI is InChI=1S/C28H36F3N5O4/c1-26-10-6-16(37)14-15(26)4-5-17-18(26)7-11-27(2)19(17)8-12-28(27,38)9-3-13-33-24-22(31)23(34-35-32)20(29)21(30)25(24)36(39)40/h15,17-19,33,38H,3-14H2,1-2H3/t15-,17+,18-,19-,26-,27-,28-/m0/s1. The molecule has 4 fully saturated rings. The minimum Gasteiger partial charge on any atom is -0.389 e. The number of carbonyl (C=O) groups excluding carboxylic acids is 1. The number of nitrogens with one attached hydrogen (secondary N) is 1. The highest BCUT2D eigenvalue weighted by molar-refractivity contribution is 5.79. The van der Waals surface area contributed by atoms with Gasteiger partial charge in [-0.2, -0.15) is 4.39 Å². The molecule has 0 aliphatic heterocycles. The van der Waals surface area contributed by atoms with E-state index in [1.807, 2.05) is 0 Å². The van der Waals surface area contributed by atoms with E-state index in [4.69, 9.17) is 5.53 Å². The van der Waals surface area contributed by atoms with Crippen LogP contribution in [0, 0.1) is 62.1 Å². The van der Waals surface area contributed by atoms with Crippen LogP contribution in [0.25, 0.3) is 10.4 Å². The first-order chi connectivity index (χ1) is 18.9. The Balaban J connectivity index is 1.29. The summed E-state index contributed by atoms with van der Waals surface area (Å²) in [5.41, 5.74) is 3.90. The van der Waals surface area contributed by atoms with Gasteiger partial charge in [0.25, 0.3) is 0 Å². The van der Waals surface area contributed by atoms with E-state index in [1.165, 1.54) is 0 Å². The van der Waals surface area contributed by atoms with Gasteiger partial charge in [-0.15, -0.1) is 0 Å². The highest BCUT2D eigenvalue weighted by atomic mass is 19.2. The van der Waals surface area contributed by atoms with Gasteiger partial charge in [0, 0.05) is 24.3 Å². The number of nitro benzene ring substituents is 1. The summed E-state index contributed by atoms with van der Waals surface area (Å²) in [5, 5.41) is 28.6. The molecule has 0 saturated heterocycles. The van der Waals surface area contributed by atoms with Gasteiger partial charge in [-0.05, 0) is 97.8 Å². The fourth-order valence-electron chi connectivity index (χ4n) is 9.26. The highest BCUT2D eigenvalue weighted by Gasteiger charge is 2.64. The molecule has 1 aromatic rings. The second-order valence-electron chi connectivity index (χ2n) is 12.9. The van der Waals surface area contributed by atoms with Gasteiger partial charge in [0.05, 0.1) is 10.5 Å². The molecule has 12 heteroatoms. The summed E-state index contributed by atoms with van der Waals surface area (Å²) in [4.78, 5) is 24.6. The second kappa shape index (κ2) is 10.2. The number of hydrogen-bond acceptors (Lipinski definition) is 6. The van der Waals surface area contributed by atoms with E-state index in [1.54, 1.807) is 0 Å². The van der Waals surface area contributed by atoms with Crippen molar-refractivity contribution in [3.8, 4) is 0 Å². The molecule has 1 aromatic carbocycles. The van der Waals surface area contributed by atoms with E-state index in [2.05, 4.69) is 29.2 Å². The number of benzene rings is 1. The molecule has 9 nitrogen and oxygen atoms in total. The first-order valence-corrected chi connectivity index (χ1v) is 14.3. The van der Waals surface area contributed by atoms with E-state index in [0.29, 0.717) is 61.6 Å². The zero-order valence-corrected chi connectivity index (χ0v) is 22.9. The van der Waals surface area contributed by atoms with Gasteiger partial charge >= 0.3 is 5.69 Å². The normalized spacial score (nSPS) is 36.7. The minimum absolute atomic E-state index is 0.0402. The van der Waals surface area contributed by atoms with Crippen LogP contribution >= 0.6 is 0 Å². The van der Waals surface area contributed by atoms with Gasteiger partial charge in [-0.1, -0.05) is 19.0 Å². The first-order valence-electron chi connectivity index (χ1n) is 14.3. The third-order valence-electron chi connectivity index (χ3n) is 11.5. The van der Waals surface area contributed by atoms with Crippen molar-refractivity contribution in [3.63, 3.8) is 0 Å². The van der Waals surface area contributed by atoms with Crippen molar-refractivity contribution in [2.75, 3.05) is 11.9 Å². The molecular weight excluding hydrogens is 527 g/mol. The summed E-state index contributed by atoms with van der Waals surface area (Å²) in [6.45, 7) is 4.50. The summed E-state index contributed by atoms with van der Waals surface area (Å²) in [6.07, 6.45) is 8.50. The van der Waals surface area contributed by atoms with Gasteiger partial charge in [0.1, 0.15) is 11.5 Å². The molecule has 4 aliphatic carbocycles. The monoisotopic (exact) mass is 563 g/mol. The van der Waals surface area contributed by atoms with Gasteiger partial charge in [-0.3, -0.25) is 14.9 Å². The summed E-state index contributed by atoms with van der Waals surface area (Å²) >= 11 is 0. The van der Waals surface area contributed by atoms with E-state index in [9.17, 15) is 33.2 Å². The Morgan fingerprint density at radius 1 is 1.10 bits per heavy atom. The molecule has 0 spiro atoms. The number of nitro groups is 1. The average Bonchev–Trinajstić information content (AvgIpc) is 3.18. The van der Waals surface area contributed by atoms with Crippen molar-refractivity contribution >= 4 is 22.8 Å². The molecule has 4 aliphatic rings. The summed E-state index contributed by atoms with van der Waals surface area (Å²) in [6, 6.07) is 0. The smallest absolute Gasteiger partial charge is 0.333 e. The molecule has 2 N–H and O–H groups in total. The molecule has 0 radical (unpaired) electrons. The lowest BCUT2D eigenvalue weighted by Gasteiger charge is -2.61. The molecule has 40 heavy (non-hydrogen) atoms. The van der Waals surface area contributed by atoms with Crippen molar-refractivity contribution < 1.29 is 28.0 Å². The van der Waals surface area contributed by atoms with Crippen LogP contribution in [0.3, 0.4) is 0 Å². The van der Waals surface area contributed by atoms with Crippen LogP contribution < -0.4 is 5.32 Å².